The summed E-state index contributed by atoms with van der Waals surface area (Å²) in [7, 11) is 0. The Morgan fingerprint density at radius 2 is 2.07 bits per heavy atom. The molecular formula is C22H30N4O3. The lowest BCUT2D eigenvalue weighted by atomic mass is 9.75. The number of hydrogen-bond acceptors (Lipinski definition) is 6. The van der Waals surface area contributed by atoms with Gasteiger partial charge < -0.3 is 19.7 Å². The van der Waals surface area contributed by atoms with Gasteiger partial charge in [-0.05, 0) is 38.2 Å². The van der Waals surface area contributed by atoms with Crippen LogP contribution in [0.25, 0.3) is 11.0 Å². The summed E-state index contributed by atoms with van der Waals surface area (Å²) < 4.78 is 5.84. The lowest BCUT2D eigenvalue weighted by molar-refractivity contribution is -0.157. The number of esters is 1. The van der Waals surface area contributed by atoms with Gasteiger partial charge in [-0.1, -0.05) is 19.3 Å². The fourth-order valence-electron chi connectivity index (χ4n) is 5.46. The van der Waals surface area contributed by atoms with E-state index >= 15 is 0 Å². The van der Waals surface area contributed by atoms with Gasteiger partial charge in [0, 0.05) is 30.1 Å². The molecule has 1 aliphatic heterocycles. The normalized spacial score (nSPS) is 25.3. The van der Waals surface area contributed by atoms with Gasteiger partial charge in [-0.3, -0.25) is 4.79 Å². The van der Waals surface area contributed by atoms with Crippen molar-refractivity contribution in [3.63, 3.8) is 0 Å². The minimum atomic E-state index is -0.216. The van der Waals surface area contributed by atoms with Gasteiger partial charge in [0.05, 0.1) is 24.5 Å². The number of anilines is 1. The number of aliphatic hydroxyl groups excluding tert-OH is 1. The smallest absolute Gasteiger partial charge is 0.309 e. The molecule has 2 saturated carbocycles. The molecule has 2 N–H and O–H groups in total. The van der Waals surface area contributed by atoms with E-state index in [0.29, 0.717) is 6.61 Å². The molecule has 2 aromatic heterocycles. The van der Waals surface area contributed by atoms with E-state index in [4.69, 9.17) is 4.74 Å². The van der Waals surface area contributed by atoms with Gasteiger partial charge in [0.25, 0.3) is 0 Å². The maximum atomic E-state index is 13.0. The first kappa shape index (κ1) is 18.9. The Hall–Kier alpha value is -2.15. The van der Waals surface area contributed by atoms with Crippen molar-refractivity contribution in [1.29, 1.82) is 0 Å². The Morgan fingerprint density at radius 1 is 1.24 bits per heavy atom. The van der Waals surface area contributed by atoms with Crippen LogP contribution in [0, 0.1) is 16.7 Å². The highest BCUT2D eigenvalue weighted by Crippen LogP contribution is 2.56. The minimum absolute atomic E-state index is 0.0157. The van der Waals surface area contributed by atoms with Crippen molar-refractivity contribution in [2.24, 2.45) is 16.7 Å². The molecule has 2 aromatic rings. The molecule has 0 amide bonds. The summed E-state index contributed by atoms with van der Waals surface area (Å²) in [5.41, 5.74) is 0.650. The summed E-state index contributed by atoms with van der Waals surface area (Å²) in [6.45, 7) is 2.12. The van der Waals surface area contributed by atoms with Gasteiger partial charge in [-0.15, -0.1) is 0 Å². The van der Waals surface area contributed by atoms with E-state index in [1.54, 1.807) is 6.33 Å². The predicted molar refractivity (Wildman–Crippen MR) is 109 cm³/mol. The van der Waals surface area contributed by atoms with Crippen LogP contribution in [0.2, 0.25) is 0 Å². The zero-order valence-corrected chi connectivity index (χ0v) is 16.9. The van der Waals surface area contributed by atoms with Crippen LogP contribution >= 0.6 is 0 Å². The maximum absolute atomic E-state index is 13.0. The summed E-state index contributed by atoms with van der Waals surface area (Å²) in [4.78, 5) is 27.3. The minimum Gasteiger partial charge on any atom is -0.465 e. The van der Waals surface area contributed by atoms with Crippen LogP contribution in [-0.4, -0.2) is 52.3 Å². The molecule has 3 aliphatic rings. The van der Waals surface area contributed by atoms with Crippen molar-refractivity contribution < 1.29 is 14.6 Å². The lowest BCUT2D eigenvalue weighted by Crippen LogP contribution is -2.46. The number of aromatic amines is 1. The van der Waals surface area contributed by atoms with Crippen molar-refractivity contribution in [2.75, 3.05) is 31.2 Å². The zero-order chi connectivity index (χ0) is 19.9. The number of hydrogen-bond donors (Lipinski definition) is 2. The summed E-state index contributed by atoms with van der Waals surface area (Å²) in [6, 6.07) is 2.02. The van der Waals surface area contributed by atoms with Crippen LogP contribution in [0.4, 0.5) is 5.82 Å². The summed E-state index contributed by atoms with van der Waals surface area (Å²) in [5.74, 6) is 0.854. The van der Waals surface area contributed by atoms with Crippen LogP contribution in [0.3, 0.4) is 0 Å². The second-order valence-electron chi connectivity index (χ2n) is 9.39. The second-order valence-corrected chi connectivity index (χ2v) is 9.39. The molecule has 156 valence electrons. The largest absolute Gasteiger partial charge is 0.465 e. The van der Waals surface area contributed by atoms with Crippen LogP contribution in [0.15, 0.2) is 18.6 Å². The number of piperidine rings is 1. The zero-order valence-electron chi connectivity index (χ0n) is 16.9. The van der Waals surface area contributed by atoms with E-state index in [-0.39, 0.29) is 29.3 Å². The number of H-pyrrole nitrogens is 1. The first-order chi connectivity index (χ1) is 14.1. The number of ether oxygens (including phenoxy) is 1. The second kappa shape index (κ2) is 7.27. The molecule has 29 heavy (non-hydrogen) atoms. The molecule has 7 heteroatoms. The van der Waals surface area contributed by atoms with E-state index in [2.05, 4.69) is 19.9 Å². The van der Waals surface area contributed by atoms with Crippen LogP contribution in [0.5, 0.6) is 0 Å². The number of carbonyl (C=O) groups excluding carboxylic acids is 1. The summed E-state index contributed by atoms with van der Waals surface area (Å²) in [6.07, 6.45) is 11.8. The van der Waals surface area contributed by atoms with E-state index < -0.39 is 0 Å². The highest BCUT2D eigenvalue weighted by atomic mass is 16.5. The molecule has 0 bridgehead atoms. The van der Waals surface area contributed by atoms with Crippen LogP contribution in [-0.2, 0) is 9.53 Å². The highest BCUT2D eigenvalue weighted by Gasteiger charge is 2.56. The third kappa shape index (κ3) is 3.39. The van der Waals surface area contributed by atoms with E-state index in [1.165, 1.54) is 6.42 Å². The fourth-order valence-corrected chi connectivity index (χ4v) is 5.46. The third-order valence-corrected chi connectivity index (χ3v) is 7.51. The number of rotatable bonds is 5. The van der Waals surface area contributed by atoms with Gasteiger partial charge in [-0.25, -0.2) is 9.97 Å². The number of aromatic nitrogens is 3. The number of nitrogens with zero attached hydrogens (tertiary/aromatic N) is 3. The van der Waals surface area contributed by atoms with Gasteiger partial charge in [0.1, 0.15) is 17.8 Å². The Kier molecular flexibility index (Phi) is 4.73. The molecule has 0 aromatic carbocycles. The SMILES string of the molecule is O=C(OCC1(CO)CCCCC1)[C@H]1CCN(c2ncnc3[nH]ccc23)CC12CC2. The summed E-state index contributed by atoms with van der Waals surface area (Å²) >= 11 is 0. The predicted octanol–water partition coefficient (Wildman–Crippen LogP) is 3.05. The molecule has 1 atom stereocenters. The van der Waals surface area contributed by atoms with Crippen LogP contribution < -0.4 is 4.90 Å². The van der Waals surface area contributed by atoms with Crippen molar-refractivity contribution in [1.82, 2.24) is 15.0 Å². The Morgan fingerprint density at radius 3 is 2.83 bits per heavy atom. The Labute approximate surface area is 170 Å². The van der Waals surface area contributed by atoms with Crippen molar-refractivity contribution >= 4 is 22.8 Å². The topological polar surface area (TPSA) is 91.3 Å². The lowest BCUT2D eigenvalue weighted by Gasteiger charge is -2.40. The molecule has 0 radical (unpaired) electrons. The number of carbonyl (C=O) groups is 1. The molecular weight excluding hydrogens is 368 g/mol. The molecule has 0 unspecified atom stereocenters. The standard InChI is InChI=1S/C22H30N4O3/c27-13-21(6-2-1-3-7-21)14-29-20(28)17-5-11-26(12-22(17)8-9-22)19-16-4-10-23-18(16)24-15-25-19/h4,10,15,17,27H,1-3,5-9,11-14H2,(H,23,24,25)/t17-/m1/s1. The van der Waals surface area contributed by atoms with Gasteiger partial charge in [0.2, 0.25) is 0 Å². The van der Waals surface area contributed by atoms with Crippen LogP contribution in [0.1, 0.15) is 51.4 Å². The Bertz CT molecular complexity index is 885. The molecule has 5 rings (SSSR count). The van der Waals surface area contributed by atoms with Crippen molar-refractivity contribution in [2.45, 2.75) is 51.4 Å². The molecule has 1 saturated heterocycles. The molecule has 7 nitrogen and oxygen atoms in total. The van der Waals surface area contributed by atoms with E-state index in [1.807, 2.05) is 12.3 Å². The van der Waals surface area contributed by atoms with Gasteiger partial charge in [0.15, 0.2) is 0 Å². The molecule has 3 heterocycles. The van der Waals surface area contributed by atoms with E-state index in [9.17, 15) is 9.90 Å². The number of aliphatic hydroxyl groups is 1. The monoisotopic (exact) mass is 398 g/mol. The quantitative estimate of drug-likeness (QED) is 0.752. The Balaban J connectivity index is 1.26. The highest BCUT2D eigenvalue weighted by molar-refractivity contribution is 5.87. The third-order valence-electron chi connectivity index (χ3n) is 7.51. The van der Waals surface area contributed by atoms with Gasteiger partial charge in [-0.2, -0.15) is 0 Å². The molecule has 3 fully saturated rings. The maximum Gasteiger partial charge on any atom is 0.309 e. The fraction of sp³-hybridized carbons (Fsp3) is 0.682. The number of nitrogens with one attached hydrogen (secondary N) is 1. The summed E-state index contributed by atoms with van der Waals surface area (Å²) in [5, 5.41) is 10.9. The molecule has 1 spiro atoms. The van der Waals surface area contributed by atoms with E-state index in [0.717, 1.165) is 74.9 Å². The average molecular weight is 399 g/mol. The average Bonchev–Trinajstić information content (AvgIpc) is 3.34. The van der Waals surface area contributed by atoms with Crippen molar-refractivity contribution in [3.8, 4) is 0 Å². The molecule has 2 aliphatic carbocycles. The first-order valence-corrected chi connectivity index (χ1v) is 11.0. The van der Waals surface area contributed by atoms with Gasteiger partial charge >= 0.3 is 5.97 Å². The first-order valence-electron chi connectivity index (χ1n) is 11.0. The van der Waals surface area contributed by atoms with Crippen molar-refractivity contribution in [3.05, 3.63) is 18.6 Å². The number of fused-ring (bicyclic) bond motifs is 1.